The fraction of sp³-hybridized carbons (Fsp3) is 0.263. The Kier molecular flexibility index (Phi) is 6.85. The molecule has 6 heteroatoms. The first kappa shape index (κ1) is 19.3. The standard InChI is InChI=1S/C19H20Cl2N2O2/c1-13(16-9-8-15(20)12-17(16)21)23(2)18(24)10-11-22-19(25)14-6-4-3-5-7-14/h3-9,12-13H,10-11H2,1-2H3,(H,22,25). The molecule has 0 radical (unpaired) electrons. The number of nitrogens with one attached hydrogen (secondary N) is 1. The van der Waals surface area contributed by atoms with Gasteiger partial charge in [-0.15, -0.1) is 0 Å². The van der Waals surface area contributed by atoms with E-state index < -0.39 is 0 Å². The van der Waals surface area contributed by atoms with Gasteiger partial charge in [-0.2, -0.15) is 0 Å². The van der Waals surface area contributed by atoms with E-state index in [9.17, 15) is 9.59 Å². The molecular weight excluding hydrogens is 359 g/mol. The first-order valence-electron chi connectivity index (χ1n) is 7.94. The van der Waals surface area contributed by atoms with Crippen molar-refractivity contribution in [1.29, 1.82) is 0 Å². The van der Waals surface area contributed by atoms with Crippen molar-refractivity contribution in [2.24, 2.45) is 0 Å². The van der Waals surface area contributed by atoms with Gasteiger partial charge in [0.2, 0.25) is 5.91 Å². The highest BCUT2D eigenvalue weighted by molar-refractivity contribution is 6.35. The maximum absolute atomic E-state index is 12.4. The fourth-order valence-corrected chi connectivity index (χ4v) is 2.98. The number of hydrogen-bond donors (Lipinski definition) is 1. The Morgan fingerprint density at radius 3 is 2.44 bits per heavy atom. The molecule has 0 fully saturated rings. The Labute approximate surface area is 157 Å². The molecule has 0 heterocycles. The topological polar surface area (TPSA) is 49.4 Å². The first-order valence-corrected chi connectivity index (χ1v) is 8.69. The summed E-state index contributed by atoms with van der Waals surface area (Å²) in [5.41, 5.74) is 1.40. The molecule has 0 saturated carbocycles. The third kappa shape index (κ3) is 5.21. The van der Waals surface area contributed by atoms with Crippen LogP contribution in [-0.2, 0) is 4.79 Å². The summed E-state index contributed by atoms with van der Waals surface area (Å²) in [6.45, 7) is 2.17. The molecule has 0 aromatic heterocycles. The maximum atomic E-state index is 12.4. The summed E-state index contributed by atoms with van der Waals surface area (Å²) in [6, 6.07) is 13.9. The summed E-state index contributed by atoms with van der Waals surface area (Å²) in [7, 11) is 1.72. The predicted octanol–water partition coefficient (Wildman–Crippen LogP) is 4.33. The lowest BCUT2D eigenvalue weighted by molar-refractivity contribution is -0.131. The molecule has 0 saturated heterocycles. The van der Waals surface area contributed by atoms with Crippen LogP contribution in [0.1, 0.15) is 35.3 Å². The van der Waals surface area contributed by atoms with E-state index in [1.807, 2.05) is 19.1 Å². The zero-order valence-corrected chi connectivity index (χ0v) is 15.6. The van der Waals surface area contributed by atoms with Crippen molar-refractivity contribution in [3.63, 3.8) is 0 Å². The van der Waals surface area contributed by atoms with Crippen LogP contribution in [0.5, 0.6) is 0 Å². The van der Waals surface area contributed by atoms with Crippen LogP contribution in [0.4, 0.5) is 0 Å². The minimum atomic E-state index is -0.193. The Morgan fingerprint density at radius 2 is 1.80 bits per heavy atom. The number of carbonyl (C=O) groups is 2. The molecule has 0 bridgehead atoms. The van der Waals surface area contributed by atoms with Gasteiger partial charge in [-0.05, 0) is 36.8 Å². The largest absolute Gasteiger partial charge is 0.352 e. The highest BCUT2D eigenvalue weighted by atomic mass is 35.5. The van der Waals surface area contributed by atoms with Crippen LogP contribution in [0.2, 0.25) is 10.0 Å². The van der Waals surface area contributed by atoms with Gasteiger partial charge in [0, 0.05) is 35.6 Å². The molecule has 132 valence electrons. The first-order chi connectivity index (χ1) is 11.9. The smallest absolute Gasteiger partial charge is 0.251 e. The van der Waals surface area contributed by atoms with Crippen LogP contribution in [0.3, 0.4) is 0 Å². The third-order valence-electron chi connectivity index (χ3n) is 4.05. The van der Waals surface area contributed by atoms with Crippen molar-refractivity contribution in [1.82, 2.24) is 10.2 Å². The minimum Gasteiger partial charge on any atom is -0.352 e. The summed E-state index contributed by atoms with van der Waals surface area (Å²) >= 11 is 12.1. The van der Waals surface area contributed by atoms with Crippen molar-refractivity contribution >= 4 is 35.0 Å². The van der Waals surface area contributed by atoms with Gasteiger partial charge in [0.1, 0.15) is 0 Å². The summed E-state index contributed by atoms with van der Waals surface area (Å²) in [5.74, 6) is -0.267. The SMILES string of the molecule is CC(c1ccc(Cl)cc1Cl)N(C)C(=O)CCNC(=O)c1ccccc1. The van der Waals surface area contributed by atoms with Crippen LogP contribution in [-0.4, -0.2) is 30.3 Å². The lowest BCUT2D eigenvalue weighted by atomic mass is 10.1. The summed E-state index contributed by atoms with van der Waals surface area (Å²) in [4.78, 5) is 25.9. The van der Waals surface area contributed by atoms with Gasteiger partial charge in [-0.1, -0.05) is 47.5 Å². The van der Waals surface area contributed by atoms with E-state index in [-0.39, 0.29) is 30.8 Å². The van der Waals surface area contributed by atoms with Gasteiger partial charge in [0.05, 0.1) is 6.04 Å². The van der Waals surface area contributed by atoms with Crippen LogP contribution in [0.15, 0.2) is 48.5 Å². The molecule has 0 aliphatic rings. The van der Waals surface area contributed by atoms with Gasteiger partial charge in [0.25, 0.3) is 5.91 Å². The van der Waals surface area contributed by atoms with Gasteiger partial charge in [-0.25, -0.2) is 0 Å². The Hall–Kier alpha value is -2.04. The number of hydrogen-bond acceptors (Lipinski definition) is 2. The molecule has 1 atom stereocenters. The van der Waals surface area contributed by atoms with Gasteiger partial charge in [0.15, 0.2) is 0 Å². The molecule has 2 aromatic rings. The Balaban J connectivity index is 1.88. The van der Waals surface area contributed by atoms with Crippen LogP contribution < -0.4 is 5.32 Å². The van der Waals surface area contributed by atoms with E-state index in [1.165, 1.54) is 0 Å². The quantitative estimate of drug-likeness (QED) is 0.812. The molecule has 4 nitrogen and oxygen atoms in total. The Bertz CT molecular complexity index is 750. The van der Waals surface area contributed by atoms with Gasteiger partial charge >= 0.3 is 0 Å². The maximum Gasteiger partial charge on any atom is 0.251 e. The molecule has 25 heavy (non-hydrogen) atoms. The highest BCUT2D eigenvalue weighted by Crippen LogP contribution is 2.29. The van der Waals surface area contributed by atoms with Crippen LogP contribution >= 0.6 is 23.2 Å². The van der Waals surface area contributed by atoms with Crippen molar-refractivity contribution in [3.05, 3.63) is 69.7 Å². The van der Waals surface area contributed by atoms with Crippen molar-refractivity contribution < 1.29 is 9.59 Å². The molecule has 2 aromatic carbocycles. The van der Waals surface area contributed by atoms with E-state index >= 15 is 0 Å². The van der Waals surface area contributed by atoms with Crippen molar-refractivity contribution in [2.45, 2.75) is 19.4 Å². The number of carbonyl (C=O) groups excluding carboxylic acids is 2. The number of nitrogens with zero attached hydrogens (tertiary/aromatic N) is 1. The number of amides is 2. The number of halogens is 2. The van der Waals surface area contributed by atoms with Gasteiger partial charge < -0.3 is 10.2 Å². The summed E-state index contributed by atoms with van der Waals surface area (Å²) in [6.07, 6.45) is 0.213. The number of benzene rings is 2. The van der Waals surface area contributed by atoms with Crippen molar-refractivity contribution in [2.75, 3.05) is 13.6 Å². The van der Waals surface area contributed by atoms with E-state index in [2.05, 4.69) is 5.32 Å². The molecule has 2 amide bonds. The summed E-state index contributed by atoms with van der Waals surface area (Å²) in [5, 5.41) is 3.83. The molecule has 0 spiro atoms. The molecule has 1 unspecified atom stereocenters. The molecule has 0 aliphatic heterocycles. The summed E-state index contributed by atoms with van der Waals surface area (Å²) < 4.78 is 0. The monoisotopic (exact) mass is 378 g/mol. The van der Waals surface area contributed by atoms with Gasteiger partial charge in [-0.3, -0.25) is 9.59 Å². The lowest BCUT2D eigenvalue weighted by Crippen LogP contribution is -2.33. The third-order valence-corrected chi connectivity index (χ3v) is 4.61. The average molecular weight is 379 g/mol. The molecule has 2 rings (SSSR count). The predicted molar refractivity (Wildman–Crippen MR) is 101 cm³/mol. The van der Waals surface area contributed by atoms with E-state index in [1.54, 1.807) is 48.3 Å². The number of rotatable bonds is 6. The minimum absolute atomic E-state index is 0.0770. The van der Waals surface area contributed by atoms with Crippen LogP contribution in [0, 0.1) is 0 Å². The van der Waals surface area contributed by atoms with Crippen LogP contribution in [0.25, 0.3) is 0 Å². The van der Waals surface area contributed by atoms with Crippen molar-refractivity contribution in [3.8, 4) is 0 Å². The second-order valence-corrected chi connectivity index (χ2v) is 6.56. The highest BCUT2D eigenvalue weighted by Gasteiger charge is 2.19. The normalized spacial score (nSPS) is 11.7. The van der Waals surface area contributed by atoms with E-state index in [4.69, 9.17) is 23.2 Å². The second-order valence-electron chi connectivity index (χ2n) is 5.72. The fourth-order valence-electron chi connectivity index (χ4n) is 2.42. The zero-order valence-electron chi connectivity index (χ0n) is 14.1. The average Bonchev–Trinajstić information content (AvgIpc) is 2.61. The second kappa shape index (κ2) is 8.88. The molecule has 0 aliphatic carbocycles. The van der Waals surface area contributed by atoms with E-state index in [0.717, 1.165) is 5.56 Å². The molecule has 1 N–H and O–H groups in total. The Morgan fingerprint density at radius 1 is 1.12 bits per heavy atom. The zero-order chi connectivity index (χ0) is 18.4. The van der Waals surface area contributed by atoms with E-state index in [0.29, 0.717) is 15.6 Å². The molecular formula is C19H20Cl2N2O2. The lowest BCUT2D eigenvalue weighted by Gasteiger charge is -2.26.